The third-order valence-corrected chi connectivity index (χ3v) is 4.53. The number of aryl methyl sites for hydroxylation is 1. The van der Waals surface area contributed by atoms with Crippen LogP contribution in [0.3, 0.4) is 0 Å². The van der Waals surface area contributed by atoms with Crippen molar-refractivity contribution in [1.82, 2.24) is 0 Å². The molecular weight excluding hydrogens is 310 g/mol. The minimum atomic E-state index is 0.679. The number of hydrogen-bond acceptors (Lipinski definition) is 3. The number of fused-ring (bicyclic) bond motifs is 3. The van der Waals surface area contributed by atoms with Crippen molar-refractivity contribution in [3.05, 3.63) is 66.2 Å². The van der Waals surface area contributed by atoms with Crippen molar-refractivity contribution in [2.45, 2.75) is 13.8 Å². The molecule has 3 nitrogen and oxygen atoms in total. The highest BCUT2D eigenvalue weighted by Gasteiger charge is 2.10. The van der Waals surface area contributed by atoms with Crippen LogP contribution in [0.5, 0.6) is 5.75 Å². The highest BCUT2D eigenvalue weighted by Crippen LogP contribution is 2.34. The highest BCUT2D eigenvalue weighted by molar-refractivity contribution is 6.06. The van der Waals surface area contributed by atoms with E-state index in [4.69, 9.17) is 9.15 Å². The summed E-state index contributed by atoms with van der Waals surface area (Å²) < 4.78 is 11.5. The van der Waals surface area contributed by atoms with E-state index in [1.54, 1.807) is 0 Å². The molecular formula is C22H21NO2. The van der Waals surface area contributed by atoms with Crippen molar-refractivity contribution in [3.8, 4) is 5.75 Å². The Hall–Kier alpha value is -2.94. The van der Waals surface area contributed by atoms with Crippen LogP contribution in [0.25, 0.3) is 21.9 Å². The van der Waals surface area contributed by atoms with Crippen molar-refractivity contribution in [1.29, 1.82) is 0 Å². The fourth-order valence-electron chi connectivity index (χ4n) is 3.17. The maximum absolute atomic E-state index is 5.96. The Morgan fingerprint density at radius 3 is 2.20 bits per heavy atom. The van der Waals surface area contributed by atoms with Gasteiger partial charge in [0.15, 0.2) is 0 Å². The van der Waals surface area contributed by atoms with Crippen molar-refractivity contribution in [2.75, 3.05) is 18.6 Å². The van der Waals surface area contributed by atoms with Crippen LogP contribution in [-0.2, 0) is 0 Å². The van der Waals surface area contributed by atoms with Crippen molar-refractivity contribution >= 4 is 33.3 Å². The number of benzene rings is 3. The summed E-state index contributed by atoms with van der Waals surface area (Å²) >= 11 is 0. The summed E-state index contributed by atoms with van der Waals surface area (Å²) in [6.45, 7) is 4.78. The van der Waals surface area contributed by atoms with E-state index >= 15 is 0 Å². The fourth-order valence-corrected chi connectivity index (χ4v) is 3.17. The van der Waals surface area contributed by atoms with Gasteiger partial charge in [-0.2, -0.15) is 0 Å². The van der Waals surface area contributed by atoms with E-state index in [2.05, 4.69) is 55.3 Å². The van der Waals surface area contributed by atoms with Gasteiger partial charge in [-0.05, 0) is 68.4 Å². The summed E-state index contributed by atoms with van der Waals surface area (Å²) in [4.78, 5) is 2.17. The SMILES string of the molecule is CCOc1ccc(N(C)c2ccc3oc4ccc(C)cc4c3c2)cc1. The summed E-state index contributed by atoms with van der Waals surface area (Å²) in [6, 6.07) is 20.8. The molecule has 1 aromatic heterocycles. The first kappa shape index (κ1) is 15.6. The number of nitrogens with zero attached hydrogens (tertiary/aromatic N) is 1. The van der Waals surface area contributed by atoms with Crippen molar-refractivity contribution < 1.29 is 9.15 Å². The van der Waals surface area contributed by atoms with Crippen LogP contribution in [0.4, 0.5) is 11.4 Å². The lowest BCUT2D eigenvalue weighted by molar-refractivity contribution is 0.340. The van der Waals surface area contributed by atoms with E-state index in [1.165, 1.54) is 5.56 Å². The van der Waals surface area contributed by atoms with Gasteiger partial charge >= 0.3 is 0 Å². The van der Waals surface area contributed by atoms with Gasteiger partial charge in [-0.1, -0.05) is 11.6 Å². The second-order valence-corrected chi connectivity index (χ2v) is 6.27. The highest BCUT2D eigenvalue weighted by atomic mass is 16.5. The van der Waals surface area contributed by atoms with Crippen LogP contribution in [0.2, 0.25) is 0 Å². The third kappa shape index (κ3) is 2.82. The molecule has 0 radical (unpaired) electrons. The lowest BCUT2D eigenvalue weighted by atomic mass is 10.1. The lowest BCUT2D eigenvalue weighted by Crippen LogP contribution is -2.09. The summed E-state index contributed by atoms with van der Waals surface area (Å²) in [5, 5.41) is 2.31. The Morgan fingerprint density at radius 2 is 1.48 bits per heavy atom. The molecule has 3 heteroatoms. The van der Waals surface area contributed by atoms with Gasteiger partial charge in [0.1, 0.15) is 16.9 Å². The van der Waals surface area contributed by atoms with Crippen LogP contribution in [0.15, 0.2) is 65.1 Å². The molecule has 0 aliphatic heterocycles. The molecule has 0 aliphatic carbocycles. The quantitative estimate of drug-likeness (QED) is 0.454. The molecule has 1 heterocycles. The van der Waals surface area contributed by atoms with Gasteiger partial charge in [-0.25, -0.2) is 0 Å². The zero-order valence-electron chi connectivity index (χ0n) is 14.7. The molecule has 0 N–H and O–H groups in total. The Kier molecular flexibility index (Phi) is 3.85. The van der Waals surface area contributed by atoms with Crippen LogP contribution < -0.4 is 9.64 Å². The molecule has 0 fully saturated rings. The zero-order chi connectivity index (χ0) is 17.4. The van der Waals surface area contributed by atoms with E-state index in [9.17, 15) is 0 Å². The Labute approximate surface area is 147 Å². The summed E-state index contributed by atoms with van der Waals surface area (Å²) in [6.07, 6.45) is 0. The molecule has 0 amide bonds. The molecule has 4 aromatic rings. The van der Waals surface area contributed by atoms with Crippen molar-refractivity contribution in [2.24, 2.45) is 0 Å². The van der Waals surface area contributed by atoms with Gasteiger partial charge in [0.25, 0.3) is 0 Å². The normalized spacial score (nSPS) is 11.2. The molecule has 0 bridgehead atoms. The number of anilines is 2. The molecule has 0 unspecified atom stereocenters. The number of furan rings is 1. The number of rotatable bonds is 4. The monoisotopic (exact) mass is 331 g/mol. The first-order chi connectivity index (χ1) is 12.2. The average molecular weight is 331 g/mol. The number of ether oxygens (including phenoxy) is 1. The van der Waals surface area contributed by atoms with Gasteiger partial charge < -0.3 is 14.1 Å². The van der Waals surface area contributed by atoms with E-state index in [0.29, 0.717) is 6.61 Å². The third-order valence-electron chi connectivity index (χ3n) is 4.53. The Morgan fingerprint density at radius 1 is 0.840 bits per heavy atom. The molecule has 4 rings (SSSR count). The summed E-state index contributed by atoms with van der Waals surface area (Å²) in [5.41, 5.74) is 5.33. The molecule has 126 valence electrons. The fraction of sp³-hybridized carbons (Fsp3) is 0.182. The molecule has 25 heavy (non-hydrogen) atoms. The zero-order valence-corrected chi connectivity index (χ0v) is 14.7. The van der Waals surface area contributed by atoms with Crippen LogP contribution in [-0.4, -0.2) is 13.7 Å². The smallest absolute Gasteiger partial charge is 0.135 e. The average Bonchev–Trinajstić information content (AvgIpc) is 2.99. The number of hydrogen-bond donors (Lipinski definition) is 0. The second-order valence-electron chi connectivity index (χ2n) is 6.27. The van der Waals surface area contributed by atoms with E-state index in [0.717, 1.165) is 39.1 Å². The topological polar surface area (TPSA) is 25.6 Å². The maximum atomic E-state index is 5.96. The lowest BCUT2D eigenvalue weighted by Gasteiger charge is -2.20. The largest absolute Gasteiger partial charge is 0.494 e. The molecule has 0 atom stereocenters. The van der Waals surface area contributed by atoms with Crippen molar-refractivity contribution in [3.63, 3.8) is 0 Å². The van der Waals surface area contributed by atoms with Gasteiger partial charge in [0, 0.05) is 29.2 Å². The minimum absolute atomic E-state index is 0.679. The molecule has 0 spiro atoms. The molecule has 3 aromatic carbocycles. The standard InChI is InChI=1S/C22H21NO2/c1-4-24-18-9-6-16(7-10-18)23(3)17-8-12-22-20(14-17)19-13-15(2)5-11-21(19)25-22/h5-14H,4H2,1-3H3. The molecule has 0 aliphatic rings. The molecule has 0 saturated carbocycles. The first-order valence-corrected chi connectivity index (χ1v) is 8.55. The molecule has 0 saturated heterocycles. The summed E-state index contributed by atoms with van der Waals surface area (Å²) in [5.74, 6) is 0.895. The van der Waals surface area contributed by atoms with Crippen LogP contribution >= 0.6 is 0 Å². The Bertz CT molecular complexity index is 1030. The predicted octanol–water partition coefficient (Wildman–Crippen LogP) is 6.06. The van der Waals surface area contributed by atoms with Gasteiger partial charge in [0.05, 0.1) is 6.61 Å². The minimum Gasteiger partial charge on any atom is -0.494 e. The first-order valence-electron chi connectivity index (χ1n) is 8.55. The van der Waals surface area contributed by atoms with Gasteiger partial charge in [0.2, 0.25) is 0 Å². The van der Waals surface area contributed by atoms with Crippen LogP contribution in [0.1, 0.15) is 12.5 Å². The van der Waals surface area contributed by atoms with Gasteiger partial charge in [-0.3, -0.25) is 0 Å². The Balaban J connectivity index is 1.75. The van der Waals surface area contributed by atoms with Crippen LogP contribution in [0, 0.1) is 6.92 Å². The van der Waals surface area contributed by atoms with E-state index in [1.807, 2.05) is 31.2 Å². The maximum Gasteiger partial charge on any atom is 0.135 e. The summed E-state index contributed by atoms with van der Waals surface area (Å²) in [7, 11) is 2.07. The van der Waals surface area contributed by atoms with E-state index in [-0.39, 0.29) is 0 Å². The van der Waals surface area contributed by atoms with Gasteiger partial charge in [-0.15, -0.1) is 0 Å². The van der Waals surface area contributed by atoms with E-state index < -0.39 is 0 Å². The predicted molar refractivity (Wildman–Crippen MR) is 104 cm³/mol. The second kappa shape index (κ2) is 6.17.